The fourth-order valence-electron chi connectivity index (χ4n) is 3.42. The Balaban J connectivity index is 1.98. The van der Waals surface area contributed by atoms with Gasteiger partial charge >= 0.3 is 0 Å². The van der Waals surface area contributed by atoms with Gasteiger partial charge in [-0.2, -0.15) is 0 Å². The molecule has 0 saturated heterocycles. The summed E-state index contributed by atoms with van der Waals surface area (Å²) in [6.07, 6.45) is 0.832. The van der Waals surface area contributed by atoms with Gasteiger partial charge in [0.05, 0.1) is 12.5 Å². The highest BCUT2D eigenvalue weighted by Crippen LogP contribution is 2.50. The standard InChI is InChI=1S/C20H25O2P/c1-14(2)20(15(3)12-21)22-13-23-18-10-6-4-8-16(18)17-9-5-7-11-19(17)23/h4-11,14-15,20-21H,12-13H2,1-3H3/t15-,20+/m0/s1. The maximum Gasteiger partial charge on any atom is 0.0860 e. The summed E-state index contributed by atoms with van der Waals surface area (Å²) in [5.74, 6) is 0.568. The van der Waals surface area contributed by atoms with E-state index in [0.29, 0.717) is 5.92 Å². The lowest BCUT2D eigenvalue weighted by atomic mass is 9.95. The summed E-state index contributed by atoms with van der Waals surface area (Å²) in [6.45, 7) is 6.57. The Hall–Kier alpha value is -1.34. The van der Waals surface area contributed by atoms with Gasteiger partial charge < -0.3 is 9.84 Å². The van der Waals surface area contributed by atoms with Gasteiger partial charge in [0, 0.05) is 22.8 Å². The first kappa shape index (κ1) is 16.5. The van der Waals surface area contributed by atoms with Crippen LogP contribution in [-0.4, -0.2) is 17.8 Å². The van der Waals surface area contributed by atoms with Gasteiger partial charge in [-0.05, 0) is 16.7 Å². The largest absolute Gasteiger partial charge is 0.396 e. The second-order valence-corrected chi connectivity index (χ2v) is 8.70. The highest BCUT2D eigenvalue weighted by molar-refractivity contribution is 7.60. The second-order valence-electron chi connectivity index (χ2n) is 6.63. The Morgan fingerprint density at radius 1 is 0.913 bits per heavy atom. The Morgan fingerprint density at radius 3 is 1.91 bits per heavy atom. The minimum atomic E-state index is -0.468. The van der Waals surface area contributed by atoms with E-state index in [9.17, 15) is 5.11 Å². The van der Waals surface area contributed by atoms with Crippen LogP contribution in [0.4, 0.5) is 0 Å². The molecule has 0 saturated carbocycles. The zero-order valence-electron chi connectivity index (χ0n) is 14.1. The van der Waals surface area contributed by atoms with Gasteiger partial charge in [0.2, 0.25) is 0 Å². The molecule has 3 rings (SSSR count). The number of rotatable bonds is 6. The van der Waals surface area contributed by atoms with Crippen molar-refractivity contribution in [2.75, 3.05) is 6.61 Å². The molecule has 2 nitrogen and oxygen atoms in total. The lowest BCUT2D eigenvalue weighted by Crippen LogP contribution is -2.29. The van der Waals surface area contributed by atoms with Crippen molar-refractivity contribution in [2.45, 2.75) is 33.2 Å². The Kier molecular flexibility index (Phi) is 5.06. The molecule has 0 spiro atoms. The van der Waals surface area contributed by atoms with Crippen LogP contribution in [0.15, 0.2) is 48.5 Å². The van der Waals surface area contributed by atoms with E-state index in [2.05, 4.69) is 69.3 Å². The van der Waals surface area contributed by atoms with Crippen molar-refractivity contribution < 1.29 is 9.84 Å². The Morgan fingerprint density at radius 2 is 1.43 bits per heavy atom. The Labute approximate surface area is 139 Å². The Bertz CT molecular complexity index is 737. The van der Waals surface area contributed by atoms with Gasteiger partial charge in [-0.15, -0.1) is 0 Å². The van der Waals surface area contributed by atoms with Crippen molar-refractivity contribution in [3.05, 3.63) is 48.5 Å². The van der Waals surface area contributed by atoms with Crippen molar-refractivity contribution in [3.8, 4) is 0 Å². The van der Waals surface area contributed by atoms with E-state index in [1.165, 1.54) is 21.0 Å². The molecular weight excluding hydrogens is 303 g/mol. The fraction of sp³-hybridized carbons (Fsp3) is 0.400. The molecule has 23 heavy (non-hydrogen) atoms. The fourth-order valence-corrected chi connectivity index (χ4v) is 5.78. The van der Waals surface area contributed by atoms with E-state index in [-0.39, 0.29) is 18.6 Å². The monoisotopic (exact) mass is 328 g/mol. The van der Waals surface area contributed by atoms with Crippen molar-refractivity contribution in [1.82, 2.24) is 0 Å². The minimum Gasteiger partial charge on any atom is -0.396 e. The molecule has 122 valence electrons. The van der Waals surface area contributed by atoms with Crippen LogP contribution in [0.2, 0.25) is 0 Å². The van der Waals surface area contributed by atoms with Crippen molar-refractivity contribution >= 4 is 28.5 Å². The molecule has 0 amide bonds. The molecule has 0 unspecified atom stereocenters. The van der Waals surface area contributed by atoms with Crippen LogP contribution in [0.5, 0.6) is 0 Å². The third-order valence-electron chi connectivity index (χ3n) is 4.58. The molecule has 0 bridgehead atoms. The number of benzene rings is 2. The maximum atomic E-state index is 9.49. The lowest BCUT2D eigenvalue weighted by molar-refractivity contribution is -0.0233. The number of hydrogen-bond acceptors (Lipinski definition) is 2. The van der Waals surface area contributed by atoms with Crippen LogP contribution in [0.3, 0.4) is 0 Å². The van der Waals surface area contributed by atoms with Gasteiger partial charge in [0.1, 0.15) is 0 Å². The molecule has 1 aromatic heterocycles. The van der Waals surface area contributed by atoms with Gasteiger partial charge in [-0.25, -0.2) is 0 Å². The molecule has 0 aliphatic carbocycles. The highest BCUT2D eigenvalue weighted by atomic mass is 31.1. The van der Waals surface area contributed by atoms with Crippen LogP contribution in [-0.2, 0) is 11.1 Å². The molecule has 0 radical (unpaired) electrons. The molecule has 3 aromatic rings. The van der Waals surface area contributed by atoms with Crippen LogP contribution in [0.1, 0.15) is 20.8 Å². The maximum absolute atomic E-state index is 9.49. The zero-order chi connectivity index (χ0) is 16.4. The smallest absolute Gasteiger partial charge is 0.0860 e. The van der Waals surface area contributed by atoms with E-state index in [0.717, 1.165) is 6.35 Å². The predicted molar refractivity (Wildman–Crippen MR) is 100 cm³/mol. The van der Waals surface area contributed by atoms with Crippen LogP contribution in [0, 0.1) is 11.8 Å². The quantitative estimate of drug-likeness (QED) is 0.637. The van der Waals surface area contributed by atoms with Gasteiger partial charge in [-0.3, -0.25) is 0 Å². The van der Waals surface area contributed by atoms with Gasteiger partial charge in [0.15, 0.2) is 0 Å². The predicted octanol–water partition coefficient (Wildman–Crippen LogP) is 5.61. The van der Waals surface area contributed by atoms with Gasteiger partial charge in [0.25, 0.3) is 0 Å². The average Bonchev–Trinajstić information content (AvgIpc) is 2.89. The molecule has 2 aromatic carbocycles. The first-order chi connectivity index (χ1) is 11.1. The van der Waals surface area contributed by atoms with Crippen molar-refractivity contribution in [1.29, 1.82) is 0 Å². The summed E-state index contributed by atoms with van der Waals surface area (Å²) in [5.41, 5.74) is 0. The second kappa shape index (κ2) is 7.05. The van der Waals surface area contributed by atoms with E-state index in [4.69, 9.17) is 4.74 Å². The van der Waals surface area contributed by atoms with Crippen molar-refractivity contribution in [2.24, 2.45) is 11.8 Å². The summed E-state index contributed by atoms with van der Waals surface area (Å²) in [6, 6.07) is 17.4. The molecule has 3 heteroatoms. The average molecular weight is 328 g/mol. The van der Waals surface area contributed by atoms with Crippen LogP contribution >= 0.6 is 7.53 Å². The van der Waals surface area contributed by atoms with E-state index in [1.54, 1.807) is 0 Å². The summed E-state index contributed by atoms with van der Waals surface area (Å²) in [7, 11) is -0.468. The summed E-state index contributed by atoms with van der Waals surface area (Å²) < 4.78 is 6.32. The molecule has 0 aliphatic heterocycles. The van der Waals surface area contributed by atoms with E-state index < -0.39 is 7.53 Å². The number of hydrogen-bond donors (Lipinski definition) is 1. The molecular formula is C20H25O2P. The van der Waals surface area contributed by atoms with Crippen LogP contribution < -0.4 is 0 Å². The molecule has 1 N–H and O–H groups in total. The summed E-state index contributed by atoms with van der Waals surface area (Å²) in [4.78, 5) is 0. The third kappa shape index (κ3) is 3.17. The zero-order valence-corrected chi connectivity index (χ0v) is 15.0. The van der Waals surface area contributed by atoms with E-state index >= 15 is 0 Å². The summed E-state index contributed by atoms with van der Waals surface area (Å²) >= 11 is 0. The molecule has 1 heterocycles. The highest BCUT2D eigenvalue weighted by Gasteiger charge is 2.22. The molecule has 2 atom stereocenters. The molecule has 0 aliphatic rings. The number of ether oxygens (including phenoxy) is 1. The minimum absolute atomic E-state index is 0.0995. The van der Waals surface area contributed by atoms with Gasteiger partial charge in [-0.1, -0.05) is 76.8 Å². The topological polar surface area (TPSA) is 29.5 Å². The number of fused-ring (bicyclic) bond motifs is 3. The summed E-state index contributed by atoms with van der Waals surface area (Å²) in [5, 5.41) is 15.0. The lowest BCUT2D eigenvalue weighted by Gasteiger charge is -2.26. The van der Waals surface area contributed by atoms with E-state index in [1.807, 2.05) is 0 Å². The van der Waals surface area contributed by atoms with Crippen LogP contribution in [0.25, 0.3) is 21.0 Å². The third-order valence-corrected chi connectivity index (χ3v) is 6.93. The normalized spacial score (nSPS) is 14.7. The first-order valence-electron chi connectivity index (χ1n) is 8.32. The first-order valence-corrected chi connectivity index (χ1v) is 9.84. The molecule has 0 fully saturated rings. The number of aliphatic hydroxyl groups is 1. The number of aliphatic hydroxyl groups excluding tert-OH is 1. The van der Waals surface area contributed by atoms with Crippen molar-refractivity contribution in [3.63, 3.8) is 0 Å². The SMILES string of the molecule is CC(C)[C@@H](OCp1c2ccccc2c2ccccc21)[C@@H](C)CO.